The summed E-state index contributed by atoms with van der Waals surface area (Å²) in [6.07, 6.45) is 0.452. The molecule has 2 rings (SSSR count). The van der Waals surface area contributed by atoms with Crippen molar-refractivity contribution in [3.8, 4) is 5.75 Å². The molecule has 3 nitrogen and oxygen atoms in total. The van der Waals surface area contributed by atoms with Crippen molar-refractivity contribution in [1.29, 1.82) is 0 Å². The van der Waals surface area contributed by atoms with Crippen LogP contribution >= 0.6 is 12.4 Å². The van der Waals surface area contributed by atoms with Crippen molar-refractivity contribution in [1.82, 2.24) is 4.90 Å². The summed E-state index contributed by atoms with van der Waals surface area (Å²) in [7, 11) is 0. The number of hydrogen-bond acceptors (Lipinski definition) is 3. The maximum Gasteiger partial charge on any atom is 0.122 e. The lowest BCUT2D eigenvalue weighted by atomic mass is 10.0. The summed E-state index contributed by atoms with van der Waals surface area (Å²) in [5.74, 6) is 0.877. The number of nitrogens with zero attached hydrogens (tertiary/aromatic N) is 1. The van der Waals surface area contributed by atoms with Crippen LogP contribution in [0.25, 0.3) is 0 Å². The van der Waals surface area contributed by atoms with Gasteiger partial charge in [-0.1, -0.05) is 6.07 Å². The molecule has 0 unspecified atom stereocenters. The molecule has 0 spiro atoms. The van der Waals surface area contributed by atoms with Crippen molar-refractivity contribution in [2.75, 3.05) is 39.6 Å². The van der Waals surface area contributed by atoms with E-state index in [4.69, 9.17) is 9.47 Å². The second kappa shape index (κ2) is 9.23. The fourth-order valence-corrected chi connectivity index (χ4v) is 2.41. The Hall–Kier alpha value is -0.840. The summed E-state index contributed by atoms with van der Waals surface area (Å²) in [6.45, 7) is 8.86. The predicted molar refractivity (Wildman–Crippen MR) is 85.3 cm³/mol. The molecule has 0 bridgehead atoms. The van der Waals surface area contributed by atoms with Gasteiger partial charge in [-0.15, -0.1) is 12.4 Å². The average Bonchev–Trinajstić information content (AvgIpc) is 2.45. The van der Waals surface area contributed by atoms with Crippen molar-refractivity contribution in [3.63, 3.8) is 0 Å². The minimum Gasteiger partial charge on any atom is -0.493 e. The lowest BCUT2D eigenvalue weighted by molar-refractivity contribution is 0.0341. The second-order valence-corrected chi connectivity index (χ2v) is 5.32. The highest BCUT2D eigenvalue weighted by Crippen LogP contribution is 2.24. The number of morpholine rings is 1. The van der Waals surface area contributed by atoms with Gasteiger partial charge >= 0.3 is 0 Å². The summed E-state index contributed by atoms with van der Waals surface area (Å²) in [6, 6.07) is 4.26. The second-order valence-electron chi connectivity index (χ2n) is 5.32. The van der Waals surface area contributed by atoms with Gasteiger partial charge in [-0.2, -0.15) is 0 Å². The molecule has 0 saturated carbocycles. The third-order valence-electron chi connectivity index (χ3n) is 3.67. The van der Waals surface area contributed by atoms with Crippen molar-refractivity contribution >= 4 is 12.4 Å². The van der Waals surface area contributed by atoms with E-state index in [0.29, 0.717) is 13.0 Å². The smallest absolute Gasteiger partial charge is 0.122 e. The van der Waals surface area contributed by atoms with Crippen LogP contribution in [-0.2, 0) is 11.3 Å². The molecule has 1 aliphatic rings. The Balaban J connectivity index is 0.00000220. The maximum atomic E-state index is 12.1. The summed E-state index contributed by atoms with van der Waals surface area (Å²) in [5, 5.41) is 0. The van der Waals surface area contributed by atoms with Gasteiger partial charge in [-0.25, -0.2) is 0 Å². The van der Waals surface area contributed by atoms with E-state index < -0.39 is 0 Å². The quantitative estimate of drug-likeness (QED) is 0.751. The van der Waals surface area contributed by atoms with E-state index in [1.54, 1.807) is 0 Å². The molecule has 0 aliphatic carbocycles. The highest BCUT2D eigenvalue weighted by molar-refractivity contribution is 5.85. The van der Waals surface area contributed by atoms with Crippen LogP contribution in [0.2, 0.25) is 0 Å². The fraction of sp³-hybridized carbons (Fsp3) is 0.625. The third-order valence-corrected chi connectivity index (χ3v) is 3.67. The van der Waals surface area contributed by atoms with Crippen molar-refractivity contribution in [2.24, 2.45) is 0 Å². The molecule has 5 heteroatoms. The molecule has 0 amide bonds. The summed E-state index contributed by atoms with van der Waals surface area (Å²) in [5.41, 5.74) is 3.69. The molecule has 1 aliphatic heterocycles. The Morgan fingerprint density at radius 3 is 2.57 bits per heavy atom. The van der Waals surface area contributed by atoms with Crippen LogP contribution in [0, 0.1) is 13.8 Å². The van der Waals surface area contributed by atoms with E-state index in [0.717, 1.165) is 44.2 Å². The van der Waals surface area contributed by atoms with Crippen LogP contribution in [0.5, 0.6) is 5.75 Å². The van der Waals surface area contributed by atoms with Crippen LogP contribution in [-0.4, -0.2) is 44.5 Å². The molecule has 0 N–H and O–H groups in total. The molecule has 0 aromatic heterocycles. The molecule has 1 aromatic carbocycles. The van der Waals surface area contributed by atoms with Crippen LogP contribution in [0.4, 0.5) is 4.39 Å². The zero-order valence-corrected chi connectivity index (χ0v) is 13.7. The largest absolute Gasteiger partial charge is 0.493 e. The van der Waals surface area contributed by atoms with Gasteiger partial charge < -0.3 is 9.47 Å². The van der Waals surface area contributed by atoms with Gasteiger partial charge in [-0.3, -0.25) is 9.29 Å². The van der Waals surface area contributed by atoms with Crippen molar-refractivity contribution < 1.29 is 13.9 Å². The number of rotatable bonds is 6. The van der Waals surface area contributed by atoms with Crippen LogP contribution in [0.15, 0.2) is 12.1 Å². The number of alkyl halides is 1. The van der Waals surface area contributed by atoms with E-state index in [1.165, 1.54) is 11.1 Å². The summed E-state index contributed by atoms with van der Waals surface area (Å²) < 4.78 is 23.1. The number of benzene rings is 1. The zero-order valence-electron chi connectivity index (χ0n) is 12.9. The van der Waals surface area contributed by atoms with Gasteiger partial charge in [0.05, 0.1) is 26.5 Å². The van der Waals surface area contributed by atoms with E-state index >= 15 is 0 Å². The van der Waals surface area contributed by atoms with Gasteiger partial charge in [0.15, 0.2) is 0 Å². The first kappa shape index (κ1) is 18.2. The zero-order chi connectivity index (χ0) is 14.4. The van der Waals surface area contributed by atoms with E-state index in [-0.39, 0.29) is 19.1 Å². The minimum atomic E-state index is -0.326. The van der Waals surface area contributed by atoms with Gasteiger partial charge in [-0.05, 0) is 36.6 Å². The molecule has 1 saturated heterocycles. The molecule has 120 valence electrons. The molecule has 21 heavy (non-hydrogen) atoms. The Labute approximate surface area is 132 Å². The van der Waals surface area contributed by atoms with Gasteiger partial charge in [0.25, 0.3) is 0 Å². The van der Waals surface area contributed by atoms with E-state index in [1.807, 2.05) is 6.92 Å². The van der Waals surface area contributed by atoms with Crippen LogP contribution < -0.4 is 4.74 Å². The maximum absolute atomic E-state index is 12.1. The normalized spacial score (nSPS) is 15.6. The van der Waals surface area contributed by atoms with Crippen LogP contribution in [0.3, 0.4) is 0 Å². The van der Waals surface area contributed by atoms with Gasteiger partial charge in [0.2, 0.25) is 0 Å². The van der Waals surface area contributed by atoms with E-state index in [9.17, 15) is 4.39 Å². The van der Waals surface area contributed by atoms with Gasteiger partial charge in [0.1, 0.15) is 5.75 Å². The Morgan fingerprint density at radius 2 is 1.90 bits per heavy atom. The van der Waals surface area contributed by atoms with Crippen molar-refractivity contribution in [3.05, 3.63) is 28.8 Å². The molecule has 1 fully saturated rings. The van der Waals surface area contributed by atoms with Crippen molar-refractivity contribution in [2.45, 2.75) is 26.8 Å². The highest BCUT2D eigenvalue weighted by Gasteiger charge is 2.13. The average molecular weight is 318 g/mol. The predicted octanol–water partition coefficient (Wildman–Crippen LogP) is 3.30. The highest BCUT2D eigenvalue weighted by atomic mass is 35.5. The van der Waals surface area contributed by atoms with Gasteiger partial charge in [0, 0.05) is 26.1 Å². The lowest BCUT2D eigenvalue weighted by Gasteiger charge is -2.27. The summed E-state index contributed by atoms with van der Waals surface area (Å²) >= 11 is 0. The molecule has 1 heterocycles. The van der Waals surface area contributed by atoms with Crippen LogP contribution in [0.1, 0.15) is 23.1 Å². The first-order chi connectivity index (χ1) is 9.70. The first-order valence-electron chi connectivity index (χ1n) is 7.29. The number of aryl methyl sites for hydroxylation is 2. The topological polar surface area (TPSA) is 21.7 Å². The first-order valence-corrected chi connectivity index (χ1v) is 7.29. The SMILES string of the molecule is Cc1cc(OCCCF)c(C)cc1CN1CCOCC1.Cl. The molecular formula is C16H25ClFNO2. The standard InChI is InChI=1S/C16H24FNO2.ClH/c1-13-11-16(20-7-3-4-17)14(2)10-15(13)12-18-5-8-19-9-6-18;/h10-11H,3-9,12H2,1-2H3;1H. The number of ether oxygens (including phenoxy) is 2. The minimum absolute atomic E-state index is 0. The number of hydrogen-bond donors (Lipinski definition) is 0. The fourth-order valence-electron chi connectivity index (χ4n) is 2.41. The number of halogens is 2. The summed E-state index contributed by atoms with van der Waals surface area (Å²) in [4.78, 5) is 2.41. The molecular weight excluding hydrogens is 293 g/mol. The lowest BCUT2D eigenvalue weighted by Crippen LogP contribution is -2.35. The molecule has 1 aromatic rings. The Bertz CT molecular complexity index is 437. The Kier molecular flexibility index (Phi) is 8.01. The Morgan fingerprint density at radius 1 is 1.19 bits per heavy atom. The van der Waals surface area contributed by atoms with E-state index in [2.05, 4.69) is 24.0 Å². The molecule has 0 radical (unpaired) electrons. The molecule has 0 atom stereocenters. The monoisotopic (exact) mass is 317 g/mol. The third kappa shape index (κ3) is 5.46.